The Morgan fingerprint density at radius 3 is 2.45 bits per heavy atom. The Hall–Kier alpha value is -1.59. The van der Waals surface area contributed by atoms with E-state index in [0.29, 0.717) is 25.7 Å². The van der Waals surface area contributed by atoms with Gasteiger partial charge in [0, 0.05) is 26.2 Å². The Kier molecular flexibility index (Phi) is 10.7. The van der Waals surface area contributed by atoms with E-state index in [-0.39, 0.29) is 30.1 Å². The van der Waals surface area contributed by atoms with E-state index < -0.39 is 5.60 Å². The van der Waals surface area contributed by atoms with Gasteiger partial charge in [-0.15, -0.1) is 34.2 Å². The van der Waals surface area contributed by atoms with Crippen LogP contribution in [0.2, 0.25) is 0 Å². The van der Waals surface area contributed by atoms with E-state index in [1.807, 2.05) is 39.3 Å². The summed E-state index contributed by atoms with van der Waals surface area (Å²) in [6, 6.07) is 0.465. The molecule has 166 valence electrons. The van der Waals surface area contributed by atoms with Crippen molar-refractivity contribution in [1.29, 1.82) is 0 Å². The minimum Gasteiger partial charge on any atom is -0.444 e. The maximum Gasteiger partial charge on any atom is 0.407 e. The second-order valence-electron chi connectivity index (χ2n) is 8.22. The predicted molar refractivity (Wildman–Crippen MR) is 125 cm³/mol. The van der Waals surface area contributed by atoms with Crippen LogP contribution in [0.1, 0.15) is 64.5 Å². The molecule has 1 aliphatic carbocycles. The number of amides is 1. The highest BCUT2D eigenvalue weighted by Crippen LogP contribution is 2.17. The van der Waals surface area contributed by atoms with Crippen molar-refractivity contribution >= 4 is 36.0 Å². The van der Waals surface area contributed by atoms with Gasteiger partial charge >= 0.3 is 6.09 Å². The van der Waals surface area contributed by atoms with Crippen molar-refractivity contribution in [3.8, 4) is 0 Å². The van der Waals surface area contributed by atoms with Gasteiger partial charge in [0.1, 0.15) is 18.0 Å². The number of aryl methyl sites for hydroxylation is 1. The molecule has 0 bridgehead atoms. The highest BCUT2D eigenvalue weighted by molar-refractivity contribution is 14.0. The zero-order valence-electron chi connectivity index (χ0n) is 18.2. The van der Waals surface area contributed by atoms with E-state index in [1.54, 1.807) is 0 Å². The van der Waals surface area contributed by atoms with Gasteiger partial charge in [0.15, 0.2) is 11.8 Å². The fraction of sp³-hybridized carbons (Fsp3) is 0.789. The van der Waals surface area contributed by atoms with E-state index in [0.717, 1.165) is 24.0 Å². The van der Waals surface area contributed by atoms with Crippen LogP contribution in [-0.2, 0) is 18.3 Å². The first-order valence-corrected chi connectivity index (χ1v) is 10.1. The number of carbonyl (C=O) groups is 1. The first-order valence-electron chi connectivity index (χ1n) is 10.1. The lowest BCUT2D eigenvalue weighted by atomic mass is 10.2. The Labute approximate surface area is 190 Å². The molecular weight excluding hydrogens is 485 g/mol. The number of nitrogens with zero attached hydrogens (tertiary/aromatic N) is 4. The predicted octanol–water partition coefficient (Wildman–Crippen LogP) is 2.63. The molecule has 29 heavy (non-hydrogen) atoms. The quantitative estimate of drug-likeness (QED) is 0.221. The van der Waals surface area contributed by atoms with Gasteiger partial charge in [-0.2, -0.15) is 0 Å². The fourth-order valence-corrected chi connectivity index (χ4v) is 2.95. The third-order valence-corrected chi connectivity index (χ3v) is 4.57. The molecule has 0 atom stereocenters. The number of nitrogens with one attached hydrogen (secondary N) is 3. The maximum atomic E-state index is 11.7. The lowest BCUT2D eigenvalue weighted by Gasteiger charge is -2.20. The molecule has 1 aliphatic rings. The van der Waals surface area contributed by atoms with Gasteiger partial charge in [-0.05, 0) is 47.0 Å². The summed E-state index contributed by atoms with van der Waals surface area (Å²) in [7, 11) is 1.94. The zero-order valence-corrected chi connectivity index (χ0v) is 20.6. The van der Waals surface area contributed by atoms with Crippen LogP contribution in [-0.4, -0.2) is 51.5 Å². The van der Waals surface area contributed by atoms with E-state index in [2.05, 4.69) is 31.1 Å². The second-order valence-corrected chi connectivity index (χ2v) is 8.22. The minimum atomic E-state index is -0.481. The number of hydrogen-bond donors (Lipinski definition) is 3. The lowest BCUT2D eigenvalue weighted by Crippen LogP contribution is -2.43. The third-order valence-electron chi connectivity index (χ3n) is 4.57. The number of aromatic nitrogens is 3. The van der Waals surface area contributed by atoms with E-state index >= 15 is 0 Å². The maximum absolute atomic E-state index is 11.7. The first kappa shape index (κ1) is 25.4. The van der Waals surface area contributed by atoms with E-state index in [4.69, 9.17) is 4.74 Å². The van der Waals surface area contributed by atoms with Crippen molar-refractivity contribution in [3.05, 3.63) is 11.6 Å². The molecule has 2 rings (SSSR count). The number of aliphatic imine (C=N–C) groups is 1. The summed E-state index contributed by atoms with van der Waals surface area (Å²) >= 11 is 0. The molecule has 1 heterocycles. The van der Waals surface area contributed by atoms with Crippen molar-refractivity contribution in [3.63, 3.8) is 0 Å². The normalized spacial score (nSPS) is 15.0. The highest BCUT2D eigenvalue weighted by Gasteiger charge is 2.17. The molecule has 0 aromatic carbocycles. The third kappa shape index (κ3) is 9.64. The number of rotatable bonds is 7. The van der Waals surface area contributed by atoms with Crippen molar-refractivity contribution < 1.29 is 9.53 Å². The Morgan fingerprint density at radius 1 is 1.21 bits per heavy atom. The fourth-order valence-electron chi connectivity index (χ4n) is 2.95. The molecule has 1 aromatic rings. The molecule has 0 unspecified atom stereocenters. The standard InChI is InChI=1S/C19H35N7O2.HI/c1-14-24-25-16(26(14)5)13-22-17(23-15-9-6-7-10-15)20-11-8-12-21-18(27)28-19(2,3)4;/h15H,6-13H2,1-5H3,(H,21,27)(H2,20,22,23);1H. The molecule has 1 saturated carbocycles. The Balaban J connectivity index is 0.00000420. The molecule has 9 nitrogen and oxygen atoms in total. The van der Waals surface area contributed by atoms with Gasteiger partial charge in [0.2, 0.25) is 0 Å². The van der Waals surface area contributed by atoms with Crippen LogP contribution in [0.3, 0.4) is 0 Å². The zero-order chi connectivity index (χ0) is 20.6. The molecule has 10 heteroatoms. The van der Waals surface area contributed by atoms with Gasteiger partial charge in [0.05, 0.1) is 0 Å². The Bertz CT molecular complexity index is 664. The van der Waals surface area contributed by atoms with Crippen molar-refractivity contribution in [2.75, 3.05) is 13.1 Å². The average molecular weight is 521 g/mol. The smallest absolute Gasteiger partial charge is 0.407 e. The van der Waals surface area contributed by atoms with Crippen LogP contribution in [0.5, 0.6) is 0 Å². The number of hydrogen-bond acceptors (Lipinski definition) is 5. The summed E-state index contributed by atoms with van der Waals surface area (Å²) in [6.07, 6.45) is 5.24. The average Bonchev–Trinajstić information content (AvgIpc) is 3.22. The van der Waals surface area contributed by atoms with E-state index in [1.165, 1.54) is 25.7 Å². The highest BCUT2D eigenvalue weighted by atomic mass is 127. The number of carbonyl (C=O) groups excluding carboxylic acids is 1. The molecule has 0 aliphatic heterocycles. The summed E-state index contributed by atoms with van der Waals surface area (Å²) in [5.74, 6) is 2.48. The molecule has 0 spiro atoms. The summed E-state index contributed by atoms with van der Waals surface area (Å²) < 4.78 is 7.18. The molecule has 3 N–H and O–H groups in total. The van der Waals surface area contributed by atoms with Gasteiger partial charge in [-0.3, -0.25) is 0 Å². The summed E-state index contributed by atoms with van der Waals surface area (Å²) in [5.41, 5.74) is -0.481. The lowest BCUT2D eigenvalue weighted by molar-refractivity contribution is 0.0527. The summed E-state index contributed by atoms with van der Waals surface area (Å²) in [6.45, 7) is 9.19. The number of guanidine groups is 1. The van der Waals surface area contributed by atoms with Gasteiger partial charge in [0.25, 0.3) is 0 Å². The van der Waals surface area contributed by atoms with Gasteiger partial charge in [-0.25, -0.2) is 9.79 Å². The van der Waals surface area contributed by atoms with Crippen molar-refractivity contribution in [2.24, 2.45) is 12.0 Å². The number of alkyl carbamates (subject to hydrolysis) is 1. The van der Waals surface area contributed by atoms with E-state index in [9.17, 15) is 4.79 Å². The second kappa shape index (κ2) is 12.2. The Morgan fingerprint density at radius 2 is 1.86 bits per heavy atom. The summed E-state index contributed by atoms with van der Waals surface area (Å²) in [4.78, 5) is 16.3. The number of halogens is 1. The molecule has 1 aromatic heterocycles. The van der Waals surface area contributed by atoms with Gasteiger partial charge in [-0.1, -0.05) is 12.8 Å². The summed E-state index contributed by atoms with van der Waals surface area (Å²) in [5, 5.41) is 17.9. The molecule has 0 saturated heterocycles. The van der Waals surface area contributed by atoms with Crippen LogP contribution in [0, 0.1) is 6.92 Å². The van der Waals surface area contributed by atoms with Crippen molar-refractivity contribution in [1.82, 2.24) is 30.7 Å². The first-order chi connectivity index (χ1) is 13.2. The van der Waals surface area contributed by atoms with Crippen molar-refractivity contribution in [2.45, 2.75) is 78.0 Å². The van der Waals surface area contributed by atoms with Crippen LogP contribution in [0.15, 0.2) is 4.99 Å². The SMILES string of the molecule is Cc1nnc(CN=C(NCCCNC(=O)OC(C)(C)C)NC2CCCC2)n1C.I. The molecular formula is C19H36IN7O2. The van der Waals surface area contributed by atoms with Crippen LogP contribution in [0.25, 0.3) is 0 Å². The monoisotopic (exact) mass is 521 g/mol. The van der Waals surface area contributed by atoms with Crippen LogP contribution in [0.4, 0.5) is 4.79 Å². The topological polar surface area (TPSA) is 105 Å². The molecule has 0 radical (unpaired) electrons. The molecule has 1 fully saturated rings. The number of ether oxygens (including phenoxy) is 1. The van der Waals surface area contributed by atoms with Gasteiger partial charge < -0.3 is 25.3 Å². The molecule has 1 amide bonds. The van der Waals surface area contributed by atoms with Crippen LogP contribution < -0.4 is 16.0 Å². The van der Waals surface area contributed by atoms with Crippen LogP contribution >= 0.6 is 24.0 Å². The largest absolute Gasteiger partial charge is 0.444 e. The minimum absolute atomic E-state index is 0.